The summed E-state index contributed by atoms with van der Waals surface area (Å²) >= 11 is 0. The summed E-state index contributed by atoms with van der Waals surface area (Å²) in [5.74, 6) is 0.222. The van der Waals surface area contributed by atoms with Crippen LogP contribution in [0.2, 0.25) is 0 Å². The predicted octanol–water partition coefficient (Wildman–Crippen LogP) is 1.34. The summed E-state index contributed by atoms with van der Waals surface area (Å²) in [6.45, 7) is 10.7. The average molecular weight is 243 g/mol. The fraction of sp³-hybridized carbons (Fsp3) is 0.923. The lowest BCUT2D eigenvalue weighted by Gasteiger charge is -2.32. The molecule has 0 aromatic rings. The van der Waals surface area contributed by atoms with Gasteiger partial charge in [-0.15, -0.1) is 0 Å². The highest BCUT2D eigenvalue weighted by atomic mass is 16.1. The molecule has 0 fully saturated rings. The predicted molar refractivity (Wildman–Crippen MR) is 72.6 cm³/mol. The molecule has 1 atom stereocenters. The summed E-state index contributed by atoms with van der Waals surface area (Å²) in [4.78, 5) is 13.4. The van der Waals surface area contributed by atoms with Gasteiger partial charge in [-0.1, -0.05) is 27.7 Å². The van der Waals surface area contributed by atoms with Crippen LogP contribution in [0.5, 0.6) is 0 Å². The lowest BCUT2D eigenvalue weighted by Crippen LogP contribution is -2.43. The Morgan fingerprint density at radius 3 is 2.12 bits per heavy atom. The Hall–Kier alpha value is -0.610. The van der Waals surface area contributed by atoms with E-state index in [-0.39, 0.29) is 0 Å². The molecule has 4 heteroatoms. The van der Waals surface area contributed by atoms with Gasteiger partial charge in [0.15, 0.2) is 0 Å². The van der Waals surface area contributed by atoms with E-state index >= 15 is 0 Å². The van der Waals surface area contributed by atoms with Crippen LogP contribution < -0.4 is 11.5 Å². The second kappa shape index (κ2) is 8.48. The molecule has 1 amide bonds. The van der Waals surface area contributed by atoms with Crippen LogP contribution in [0.1, 0.15) is 47.0 Å². The number of nitrogens with two attached hydrogens (primary N) is 2. The fourth-order valence-corrected chi connectivity index (χ4v) is 2.14. The Morgan fingerprint density at radius 1 is 1.24 bits per heavy atom. The van der Waals surface area contributed by atoms with Crippen LogP contribution in [0.4, 0.5) is 0 Å². The molecule has 0 aliphatic rings. The van der Waals surface area contributed by atoms with Crippen molar-refractivity contribution in [1.29, 1.82) is 0 Å². The third kappa shape index (κ3) is 6.64. The molecule has 0 aliphatic carbocycles. The van der Waals surface area contributed by atoms with E-state index in [4.69, 9.17) is 11.5 Å². The maximum absolute atomic E-state index is 10.9. The molecule has 0 aliphatic heterocycles. The van der Waals surface area contributed by atoms with Gasteiger partial charge < -0.3 is 16.4 Å². The highest BCUT2D eigenvalue weighted by molar-refractivity contribution is 5.79. The van der Waals surface area contributed by atoms with E-state index in [1.807, 2.05) is 0 Å². The van der Waals surface area contributed by atoms with Gasteiger partial charge in [-0.05, 0) is 25.2 Å². The molecule has 0 radical (unpaired) electrons. The number of hydrogen-bond donors (Lipinski definition) is 2. The monoisotopic (exact) mass is 243 g/mol. The van der Waals surface area contributed by atoms with Crippen molar-refractivity contribution in [3.8, 4) is 0 Å². The van der Waals surface area contributed by atoms with Gasteiger partial charge in [0, 0.05) is 19.1 Å². The quantitative estimate of drug-likeness (QED) is 0.642. The highest BCUT2D eigenvalue weighted by Gasteiger charge is 2.18. The third-order valence-electron chi connectivity index (χ3n) is 3.15. The minimum atomic E-state index is -0.515. The van der Waals surface area contributed by atoms with E-state index in [2.05, 4.69) is 32.6 Å². The van der Waals surface area contributed by atoms with Crippen molar-refractivity contribution in [3.63, 3.8) is 0 Å². The number of carbonyl (C=O) groups is 1. The van der Waals surface area contributed by atoms with E-state index in [1.54, 1.807) is 0 Å². The van der Waals surface area contributed by atoms with Gasteiger partial charge in [0.25, 0.3) is 0 Å². The number of nitrogens with zero attached hydrogens (tertiary/aromatic N) is 1. The van der Waals surface area contributed by atoms with Gasteiger partial charge in [0.05, 0.1) is 6.04 Å². The maximum Gasteiger partial charge on any atom is 0.234 e. The number of primary amides is 1. The zero-order valence-electron chi connectivity index (χ0n) is 11.8. The van der Waals surface area contributed by atoms with Crippen LogP contribution in [0.25, 0.3) is 0 Å². The van der Waals surface area contributed by atoms with Crippen molar-refractivity contribution in [2.75, 3.05) is 13.1 Å². The van der Waals surface area contributed by atoms with Gasteiger partial charge in [0.2, 0.25) is 5.91 Å². The molecule has 0 aromatic heterocycles. The molecule has 0 rings (SSSR count). The van der Waals surface area contributed by atoms with Crippen LogP contribution in [-0.4, -0.2) is 36.0 Å². The first-order valence-electron chi connectivity index (χ1n) is 6.71. The Bertz CT molecular complexity index is 215. The van der Waals surface area contributed by atoms with Crippen molar-refractivity contribution in [2.24, 2.45) is 17.4 Å². The third-order valence-corrected chi connectivity index (χ3v) is 3.15. The van der Waals surface area contributed by atoms with Crippen molar-refractivity contribution < 1.29 is 4.79 Å². The Kier molecular flexibility index (Phi) is 8.17. The van der Waals surface area contributed by atoms with E-state index < -0.39 is 11.9 Å². The van der Waals surface area contributed by atoms with E-state index in [0.29, 0.717) is 18.4 Å². The standard InChI is InChI=1S/C13H29N3O/c1-5-11(6-2)16(9-10(3)4)8-7-12(14)13(15)17/h10-12H,5-9,14H2,1-4H3,(H2,15,17). The zero-order valence-corrected chi connectivity index (χ0v) is 11.8. The Balaban J connectivity index is 4.32. The first-order valence-corrected chi connectivity index (χ1v) is 6.71. The number of rotatable bonds is 9. The number of amides is 1. The van der Waals surface area contributed by atoms with Gasteiger partial charge >= 0.3 is 0 Å². The summed E-state index contributed by atoms with van der Waals surface area (Å²) in [7, 11) is 0. The van der Waals surface area contributed by atoms with Crippen molar-refractivity contribution in [1.82, 2.24) is 4.90 Å². The van der Waals surface area contributed by atoms with E-state index in [1.165, 1.54) is 0 Å². The summed E-state index contributed by atoms with van der Waals surface area (Å²) in [6.07, 6.45) is 2.92. The molecule has 0 spiro atoms. The first kappa shape index (κ1) is 16.4. The minimum Gasteiger partial charge on any atom is -0.368 e. The van der Waals surface area contributed by atoms with E-state index in [0.717, 1.165) is 25.9 Å². The highest BCUT2D eigenvalue weighted by Crippen LogP contribution is 2.12. The van der Waals surface area contributed by atoms with Crippen molar-refractivity contribution in [3.05, 3.63) is 0 Å². The lowest BCUT2D eigenvalue weighted by molar-refractivity contribution is -0.119. The van der Waals surface area contributed by atoms with Crippen molar-refractivity contribution in [2.45, 2.75) is 59.0 Å². The van der Waals surface area contributed by atoms with E-state index in [9.17, 15) is 4.79 Å². The second-order valence-electron chi connectivity index (χ2n) is 5.16. The number of carbonyl (C=O) groups excluding carboxylic acids is 1. The van der Waals surface area contributed by atoms with Crippen LogP contribution >= 0.6 is 0 Å². The molecule has 0 heterocycles. The molecule has 0 aromatic carbocycles. The van der Waals surface area contributed by atoms with Crippen LogP contribution in [0, 0.1) is 5.92 Å². The summed E-state index contributed by atoms with van der Waals surface area (Å²) in [6, 6.07) is 0.0662. The largest absolute Gasteiger partial charge is 0.368 e. The minimum absolute atomic E-state index is 0.404. The summed E-state index contributed by atoms with van der Waals surface area (Å²) < 4.78 is 0. The average Bonchev–Trinajstić information content (AvgIpc) is 2.25. The SMILES string of the molecule is CCC(CC)N(CCC(N)C(N)=O)CC(C)C. The molecular weight excluding hydrogens is 214 g/mol. The molecule has 4 N–H and O–H groups in total. The second-order valence-corrected chi connectivity index (χ2v) is 5.16. The topological polar surface area (TPSA) is 72.3 Å². The zero-order chi connectivity index (χ0) is 13.4. The van der Waals surface area contributed by atoms with Gasteiger partial charge in [-0.25, -0.2) is 0 Å². The summed E-state index contributed by atoms with van der Waals surface area (Å²) in [5, 5.41) is 0. The van der Waals surface area contributed by atoms with Crippen LogP contribution in [0.3, 0.4) is 0 Å². The molecule has 1 unspecified atom stereocenters. The van der Waals surface area contributed by atoms with Gasteiger partial charge in [-0.2, -0.15) is 0 Å². The Labute approximate surface area is 106 Å². The molecule has 0 saturated heterocycles. The Morgan fingerprint density at radius 2 is 1.76 bits per heavy atom. The maximum atomic E-state index is 10.9. The molecule has 17 heavy (non-hydrogen) atoms. The van der Waals surface area contributed by atoms with Crippen molar-refractivity contribution >= 4 is 5.91 Å². The normalized spacial score (nSPS) is 13.6. The molecule has 0 saturated carbocycles. The lowest BCUT2D eigenvalue weighted by atomic mass is 10.1. The fourth-order valence-electron chi connectivity index (χ4n) is 2.14. The first-order chi connectivity index (χ1) is 7.92. The van der Waals surface area contributed by atoms with Gasteiger partial charge in [-0.3, -0.25) is 4.79 Å². The smallest absolute Gasteiger partial charge is 0.234 e. The molecule has 102 valence electrons. The molecule has 0 bridgehead atoms. The van der Waals surface area contributed by atoms with Gasteiger partial charge in [0.1, 0.15) is 0 Å². The molecule has 4 nitrogen and oxygen atoms in total. The number of hydrogen-bond acceptors (Lipinski definition) is 3. The van der Waals surface area contributed by atoms with Crippen LogP contribution in [-0.2, 0) is 4.79 Å². The van der Waals surface area contributed by atoms with Crippen LogP contribution in [0.15, 0.2) is 0 Å². The summed E-state index contributed by atoms with van der Waals surface area (Å²) in [5.41, 5.74) is 10.9. The molecular formula is C13H29N3O.